The number of Topliss-reactive ketones (excluding diaryl/α,β-unsaturated/α-hetero) is 1. The molecule has 0 aliphatic heterocycles. The van der Waals surface area contributed by atoms with Gasteiger partial charge in [-0.2, -0.15) is 0 Å². The molecule has 0 heterocycles. The van der Waals surface area contributed by atoms with Crippen LogP contribution in [0.15, 0.2) is 0 Å². The monoisotopic (exact) mass is 448 g/mol. The molecule has 0 radical (unpaired) electrons. The van der Waals surface area contributed by atoms with Crippen molar-refractivity contribution in [3.05, 3.63) is 0 Å². The van der Waals surface area contributed by atoms with Gasteiger partial charge in [-0.25, -0.2) is 0 Å². The van der Waals surface area contributed by atoms with Crippen LogP contribution in [-0.2, 0) is 14.4 Å². The summed E-state index contributed by atoms with van der Waals surface area (Å²) in [5.41, 5.74) is -0.624. The zero-order chi connectivity index (χ0) is 23.8. The van der Waals surface area contributed by atoms with E-state index in [-0.39, 0.29) is 29.5 Å². The number of carboxylic acids is 2. The molecule has 0 aromatic rings. The molecule has 3 rings (SSSR count). The molecule has 32 heavy (non-hydrogen) atoms. The van der Waals surface area contributed by atoms with E-state index in [0.29, 0.717) is 30.6 Å². The first-order chi connectivity index (χ1) is 14.9. The minimum Gasteiger partial charge on any atom is -0.481 e. The van der Waals surface area contributed by atoms with Crippen LogP contribution in [-0.4, -0.2) is 27.9 Å². The van der Waals surface area contributed by atoms with Gasteiger partial charge in [-0.05, 0) is 72.5 Å². The first-order valence-corrected chi connectivity index (χ1v) is 12.9. The summed E-state index contributed by atoms with van der Waals surface area (Å²) >= 11 is 0. The van der Waals surface area contributed by atoms with Crippen LogP contribution >= 0.6 is 0 Å². The molecule has 5 heteroatoms. The summed E-state index contributed by atoms with van der Waals surface area (Å²) in [6.45, 7) is 11.2. The standard InChI is InChI=1S/C27H44O5/c1-16(2)7-6-8-17(3)19-9-10-20-23(25(31)32)21(12-14-26(19,20)4)27(5)13-11-18(28)15-22(27)24(29)30/h16-17,19-23H,6-15H2,1-5H3,(H,29,30)(H,31,32)/t17-,19?,20+,21?,22-,23?,26-,27-/m1/s1. The van der Waals surface area contributed by atoms with E-state index in [9.17, 15) is 24.6 Å². The second kappa shape index (κ2) is 9.46. The highest BCUT2D eigenvalue weighted by Gasteiger charge is 2.61. The topological polar surface area (TPSA) is 91.7 Å². The molecule has 3 saturated carbocycles. The van der Waals surface area contributed by atoms with Crippen LogP contribution in [0.3, 0.4) is 0 Å². The molecule has 8 atom stereocenters. The fourth-order valence-electron chi connectivity index (χ4n) is 8.21. The Hall–Kier alpha value is -1.39. The predicted octanol–water partition coefficient (Wildman–Crippen LogP) is 6.05. The maximum atomic E-state index is 12.7. The Balaban J connectivity index is 1.85. The van der Waals surface area contributed by atoms with Crippen molar-refractivity contribution in [2.24, 2.45) is 52.3 Å². The number of rotatable bonds is 8. The summed E-state index contributed by atoms with van der Waals surface area (Å²) in [6, 6.07) is 0. The van der Waals surface area contributed by atoms with Crippen LogP contribution in [0.2, 0.25) is 0 Å². The molecule has 0 bridgehead atoms. The van der Waals surface area contributed by atoms with Crippen LogP contribution in [0.25, 0.3) is 0 Å². The van der Waals surface area contributed by atoms with E-state index in [0.717, 1.165) is 25.7 Å². The fourth-order valence-corrected chi connectivity index (χ4v) is 8.21. The molecule has 182 valence electrons. The molecule has 0 saturated heterocycles. The van der Waals surface area contributed by atoms with Gasteiger partial charge in [0.2, 0.25) is 0 Å². The summed E-state index contributed by atoms with van der Waals surface area (Å²) in [5, 5.41) is 20.3. The van der Waals surface area contributed by atoms with Crippen LogP contribution in [0.1, 0.15) is 98.8 Å². The Morgan fingerprint density at radius 1 is 0.938 bits per heavy atom. The third-order valence-electron chi connectivity index (χ3n) is 10.1. The third-order valence-corrected chi connectivity index (χ3v) is 10.1. The largest absolute Gasteiger partial charge is 0.481 e. The first-order valence-electron chi connectivity index (χ1n) is 12.9. The van der Waals surface area contributed by atoms with Gasteiger partial charge in [0.05, 0.1) is 11.8 Å². The van der Waals surface area contributed by atoms with Crippen molar-refractivity contribution in [2.75, 3.05) is 0 Å². The molecule has 0 spiro atoms. The molecular formula is C27H44O5. The van der Waals surface area contributed by atoms with Gasteiger partial charge < -0.3 is 10.2 Å². The van der Waals surface area contributed by atoms with Crippen molar-refractivity contribution in [2.45, 2.75) is 98.8 Å². The molecule has 3 fully saturated rings. The third kappa shape index (κ3) is 4.50. The van der Waals surface area contributed by atoms with Gasteiger partial charge in [0.25, 0.3) is 0 Å². The quantitative estimate of drug-likeness (QED) is 0.471. The van der Waals surface area contributed by atoms with Crippen LogP contribution in [0.5, 0.6) is 0 Å². The predicted molar refractivity (Wildman–Crippen MR) is 124 cm³/mol. The lowest BCUT2D eigenvalue weighted by Crippen LogP contribution is -2.54. The lowest BCUT2D eigenvalue weighted by atomic mass is 9.48. The highest BCUT2D eigenvalue weighted by atomic mass is 16.4. The van der Waals surface area contributed by atoms with Crippen LogP contribution in [0.4, 0.5) is 0 Å². The van der Waals surface area contributed by atoms with Crippen molar-refractivity contribution in [3.8, 4) is 0 Å². The van der Waals surface area contributed by atoms with Crippen molar-refractivity contribution < 1.29 is 24.6 Å². The van der Waals surface area contributed by atoms with Crippen molar-refractivity contribution >= 4 is 17.7 Å². The lowest BCUT2D eigenvalue weighted by molar-refractivity contribution is -0.169. The van der Waals surface area contributed by atoms with Crippen molar-refractivity contribution in [1.82, 2.24) is 0 Å². The normalized spacial score (nSPS) is 40.8. The number of ketones is 1. The summed E-state index contributed by atoms with van der Waals surface area (Å²) in [6.07, 6.45) is 8.33. The van der Waals surface area contributed by atoms with E-state index in [1.807, 2.05) is 6.92 Å². The minimum absolute atomic E-state index is 0.00134. The van der Waals surface area contributed by atoms with Crippen molar-refractivity contribution in [1.29, 1.82) is 0 Å². The molecule has 0 amide bonds. The van der Waals surface area contributed by atoms with Crippen molar-refractivity contribution in [3.63, 3.8) is 0 Å². The molecule has 2 N–H and O–H groups in total. The Labute approximate surface area is 193 Å². The molecule has 5 nitrogen and oxygen atoms in total. The molecule has 3 aliphatic carbocycles. The van der Waals surface area contributed by atoms with Gasteiger partial charge in [0.1, 0.15) is 5.78 Å². The Morgan fingerprint density at radius 3 is 2.19 bits per heavy atom. The lowest BCUT2D eigenvalue weighted by Gasteiger charge is -2.55. The van der Waals surface area contributed by atoms with Gasteiger partial charge in [-0.15, -0.1) is 0 Å². The van der Waals surface area contributed by atoms with Gasteiger partial charge >= 0.3 is 11.9 Å². The van der Waals surface area contributed by atoms with Crippen LogP contribution < -0.4 is 0 Å². The van der Waals surface area contributed by atoms with E-state index in [2.05, 4.69) is 27.7 Å². The van der Waals surface area contributed by atoms with E-state index in [4.69, 9.17) is 0 Å². The first kappa shape index (κ1) is 25.2. The average Bonchev–Trinajstić information content (AvgIpc) is 3.05. The number of carbonyl (C=O) groups excluding carboxylic acids is 1. The minimum atomic E-state index is -0.943. The Bertz CT molecular complexity index is 730. The smallest absolute Gasteiger partial charge is 0.307 e. The second-order valence-corrected chi connectivity index (χ2v) is 12.2. The van der Waals surface area contributed by atoms with Gasteiger partial charge in [0.15, 0.2) is 0 Å². The highest BCUT2D eigenvalue weighted by molar-refractivity contribution is 5.86. The Morgan fingerprint density at radius 2 is 1.59 bits per heavy atom. The zero-order valence-electron chi connectivity index (χ0n) is 20.7. The summed E-state index contributed by atoms with van der Waals surface area (Å²) in [7, 11) is 0. The van der Waals surface area contributed by atoms with E-state index < -0.39 is 29.2 Å². The molecule has 0 aromatic carbocycles. The second-order valence-electron chi connectivity index (χ2n) is 12.2. The SMILES string of the molecule is CC(C)CCC[C@@H](C)C1CC[C@H]2C(C(=O)O)C([C@@]3(C)CCC(=O)C[C@@H]3C(=O)O)CC[C@]12C. The molecular weight excluding hydrogens is 404 g/mol. The van der Waals surface area contributed by atoms with E-state index in [1.165, 1.54) is 19.3 Å². The fraction of sp³-hybridized carbons (Fsp3) is 0.889. The molecule has 0 aromatic heterocycles. The maximum Gasteiger partial charge on any atom is 0.307 e. The number of aliphatic carboxylic acids is 2. The zero-order valence-corrected chi connectivity index (χ0v) is 20.7. The highest BCUT2D eigenvalue weighted by Crippen LogP contribution is 2.65. The van der Waals surface area contributed by atoms with Crippen LogP contribution in [0, 0.1) is 52.3 Å². The van der Waals surface area contributed by atoms with Gasteiger partial charge in [-0.3, -0.25) is 14.4 Å². The number of hydrogen-bond acceptors (Lipinski definition) is 3. The molecule has 3 aliphatic rings. The average molecular weight is 449 g/mol. The summed E-state index contributed by atoms with van der Waals surface area (Å²) in [4.78, 5) is 36.9. The maximum absolute atomic E-state index is 12.7. The molecule has 3 unspecified atom stereocenters. The van der Waals surface area contributed by atoms with E-state index in [1.54, 1.807) is 0 Å². The number of hydrogen-bond donors (Lipinski definition) is 2. The number of carboxylic acid groups (broad SMARTS) is 2. The van der Waals surface area contributed by atoms with Gasteiger partial charge in [-0.1, -0.05) is 53.9 Å². The van der Waals surface area contributed by atoms with Gasteiger partial charge in [0, 0.05) is 12.8 Å². The number of carbonyl (C=O) groups is 3. The summed E-state index contributed by atoms with van der Waals surface area (Å²) < 4.78 is 0. The number of fused-ring (bicyclic) bond motifs is 1. The Kier molecular flexibility index (Phi) is 7.46. The van der Waals surface area contributed by atoms with E-state index >= 15 is 0 Å². The summed E-state index contributed by atoms with van der Waals surface area (Å²) in [5.74, 6) is -1.23.